The lowest BCUT2D eigenvalue weighted by molar-refractivity contribution is 0.0143. The van der Waals surface area contributed by atoms with Gasteiger partial charge >= 0.3 is 6.09 Å². The Balaban J connectivity index is 2.19. The van der Waals surface area contributed by atoms with Gasteiger partial charge in [-0.2, -0.15) is 12.6 Å². The number of rotatable bonds is 1. The summed E-state index contributed by atoms with van der Waals surface area (Å²) in [6.45, 7) is 6.27. The van der Waals surface area contributed by atoms with Crippen molar-refractivity contribution in [1.82, 2.24) is 4.90 Å². The van der Waals surface area contributed by atoms with E-state index in [9.17, 15) is 4.79 Å². The molecule has 0 radical (unpaired) electrons. The van der Waals surface area contributed by atoms with Crippen molar-refractivity contribution in [3.8, 4) is 0 Å². The minimum Gasteiger partial charge on any atom is -0.444 e. The number of carbonyl (C=O) groups excluding carboxylic acids is 1. The summed E-state index contributed by atoms with van der Waals surface area (Å²) >= 11 is 4.37. The molecule has 19 heavy (non-hydrogen) atoms. The first kappa shape index (κ1) is 14.3. The summed E-state index contributed by atoms with van der Waals surface area (Å²) in [5.74, 6) is 0.646. The van der Waals surface area contributed by atoms with Gasteiger partial charge in [-0.1, -0.05) is 24.3 Å². The van der Waals surface area contributed by atoms with E-state index in [1.807, 2.05) is 32.9 Å². The molecule has 0 fully saturated rings. The maximum absolute atomic E-state index is 12.3. The van der Waals surface area contributed by atoms with Crippen LogP contribution in [0.2, 0.25) is 0 Å². The highest BCUT2D eigenvalue weighted by atomic mass is 32.1. The van der Waals surface area contributed by atoms with Gasteiger partial charge in [0.05, 0.1) is 0 Å². The molecule has 0 aliphatic carbocycles. The van der Waals surface area contributed by atoms with Crippen LogP contribution >= 0.6 is 12.6 Å². The van der Waals surface area contributed by atoms with E-state index >= 15 is 0 Å². The van der Waals surface area contributed by atoms with E-state index in [0.717, 1.165) is 6.42 Å². The molecule has 0 N–H and O–H groups in total. The van der Waals surface area contributed by atoms with E-state index in [2.05, 4.69) is 24.8 Å². The minimum atomic E-state index is -0.463. The predicted molar refractivity (Wildman–Crippen MR) is 79.6 cm³/mol. The SMILES string of the molecule is CC(C)(C)OC(=O)N1Cc2ccccc2CC1CS. The highest BCUT2D eigenvalue weighted by molar-refractivity contribution is 7.80. The molecule has 1 aliphatic heterocycles. The lowest BCUT2D eigenvalue weighted by Crippen LogP contribution is -2.47. The van der Waals surface area contributed by atoms with Crippen molar-refractivity contribution in [3.63, 3.8) is 0 Å². The number of amides is 1. The topological polar surface area (TPSA) is 29.5 Å². The van der Waals surface area contributed by atoms with Crippen molar-refractivity contribution >= 4 is 18.7 Å². The summed E-state index contributed by atoms with van der Waals surface area (Å²) in [5, 5.41) is 0. The smallest absolute Gasteiger partial charge is 0.410 e. The van der Waals surface area contributed by atoms with E-state index < -0.39 is 5.60 Å². The number of carbonyl (C=O) groups is 1. The lowest BCUT2D eigenvalue weighted by Gasteiger charge is -2.37. The third-order valence-corrected chi connectivity index (χ3v) is 3.62. The largest absolute Gasteiger partial charge is 0.444 e. The van der Waals surface area contributed by atoms with E-state index in [0.29, 0.717) is 12.3 Å². The summed E-state index contributed by atoms with van der Waals surface area (Å²) in [5.41, 5.74) is 2.04. The first-order valence-corrected chi connectivity index (χ1v) is 7.21. The second-order valence-corrected chi connectivity index (χ2v) is 6.28. The summed E-state index contributed by atoms with van der Waals surface area (Å²) in [6.07, 6.45) is 0.597. The number of benzene rings is 1. The Morgan fingerprint density at radius 2 is 2.00 bits per heavy atom. The normalized spacial score (nSPS) is 18.9. The molecule has 1 aliphatic rings. The second kappa shape index (κ2) is 5.45. The molecule has 0 aromatic heterocycles. The van der Waals surface area contributed by atoms with E-state index in [-0.39, 0.29) is 12.1 Å². The molecule has 1 aromatic carbocycles. The predicted octanol–water partition coefficient (Wildman–Crippen LogP) is 3.28. The van der Waals surface area contributed by atoms with Gasteiger partial charge in [-0.25, -0.2) is 4.79 Å². The van der Waals surface area contributed by atoms with Crippen LogP contribution in [0.4, 0.5) is 4.79 Å². The fourth-order valence-corrected chi connectivity index (χ4v) is 2.61. The molecule has 3 nitrogen and oxygen atoms in total. The van der Waals surface area contributed by atoms with Gasteiger partial charge in [0.1, 0.15) is 5.60 Å². The first-order valence-electron chi connectivity index (χ1n) is 6.58. The molecular weight excluding hydrogens is 258 g/mol. The van der Waals surface area contributed by atoms with Gasteiger partial charge in [-0.15, -0.1) is 0 Å². The maximum atomic E-state index is 12.3. The molecule has 1 amide bonds. The summed E-state index contributed by atoms with van der Waals surface area (Å²) in [6, 6.07) is 8.35. The Kier molecular flexibility index (Phi) is 4.09. The fourth-order valence-electron chi connectivity index (χ4n) is 2.28. The van der Waals surface area contributed by atoms with Crippen molar-refractivity contribution in [2.24, 2.45) is 0 Å². The standard InChI is InChI=1S/C15H21NO2S/c1-15(2,3)18-14(17)16-9-12-7-5-4-6-11(12)8-13(16)10-19/h4-7,13,19H,8-10H2,1-3H3. The zero-order valence-corrected chi connectivity index (χ0v) is 12.6. The Bertz CT molecular complexity index is 467. The van der Waals surface area contributed by atoms with Crippen molar-refractivity contribution in [2.75, 3.05) is 5.75 Å². The third-order valence-electron chi connectivity index (χ3n) is 3.19. The summed E-state index contributed by atoms with van der Waals surface area (Å²) in [4.78, 5) is 14.1. The number of hydrogen-bond acceptors (Lipinski definition) is 3. The van der Waals surface area contributed by atoms with Crippen molar-refractivity contribution in [2.45, 2.75) is 45.4 Å². The highest BCUT2D eigenvalue weighted by Crippen LogP contribution is 2.25. The van der Waals surface area contributed by atoms with Crippen LogP contribution in [-0.4, -0.2) is 28.4 Å². The second-order valence-electron chi connectivity index (χ2n) is 5.92. The van der Waals surface area contributed by atoms with Crippen molar-refractivity contribution in [1.29, 1.82) is 0 Å². The lowest BCUT2D eigenvalue weighted by atomic mass is 9.95. The highest BCUT2D eigenvalue weighted by Gasteiger charge is 2.31. The number of thiol groups is 1. The number of fused-ring (bicyclic) bond motifs is 1. The number of ether oxygens (including phenoxy) is 1. The molecule has 0 spiro atoms. The van der Waals surface area contributed by atoms with Crippen LogP contribution in [0.3, 0.4) is 0 Å². The van der Waals surface area contributed by atoms with Crippen LogP contribution < -0.4 is 0 Å². The Hall–Kier alpha value is -1.16. The van der Waals surface area contributed by atoms with Crippen LogP contribution in [0, 0.1) is 0 Å². The molecular formula is C15H21NO2S. The summed E-state index contributed by atoms with van der Waals surface area (Å²) in [7, 11) is 0. The van der Waals surface area contributed by atoms with Gasteiger partial charge in [0.2, 0.25) is 0 Å². The average molecular weight is 279 g/mol. The zero-order chi connectivity index (χ0) is 14.0. The molecule has 1 unspecified atom stereocenters. The molecule has 1 aromatic rings. The van der Waals surface area contributed by atoms with Gasteiger partial charge in [-0.3, -0.25) is 4.90 Å². The Morgan fingerprint density at radius 3 is 2.58 bits per heavy atom. The fraction of sp³-hybridized carbons (Fsp3) is 0.533. The summed E-state index contributed by atoms with van der Waals surface area (Å²) < 4.78 is 5.48. The van der Waals surface area contributed by atoms with Gasteiger partial charge in [0, 0.05) is 18.3 Å². The van der Waals surface area contributed by atoms with Gasteiger partial charge in [0.15, 0.2) is 0 Å². The van der Waals surface area contributed by atoms with Gasteiger partial charge in [-0.05, 0) is 38.3 Å². The van der Waals surface area contributed by atoms with Crippen LogP contribution in [0.5, 0.6) is 0 Å². The maximum Gasteiger partial charge on any atom is 0.410 e. The van der Waals surface area contributed by atoms with E-state index in [1.54, 1.807) is 4.90 Å². The van der Waals surface area contributed by atoms with Crippen LogP contribution in [0.1, 0.15) is 31.9 Å². The molecule has 0 bridgehead atoms. The first-order chi connectivity index (χ1) is 8.90. The Morgan fingerprint density at radius 1 is 1.37 bits per heavy atom. The minimum absolute atomic E-state index is 0.105. The molecule has 1 atom stereocenters. The monoisotopic (exact) mass is 279 g/mol. The molecule has 1 heterocycles. The number of nitrogens with zero attached hydrogens (tertiary/aromatic N) is 1. The van der Waals surface area contributed by atoms with Crippen LogP contribution in [-0.2, 0) is 17.7 Å². The van der Waals surface area contributed by atoms with Gasteiger partial charge in [0.25, 0.3) is 0 Å². The van der Waals surface area contributed by atoms with Crippen molar-refractivity contribution in [3.05, 3.63) is 35.4 Å². The molecule has 2 rings (SSSR count). The van der Waals surface area contributed by atoms with E-state index in [4.69, 9.17) is 4.74 Å². The van der Waals surface area contributed by atoms with Crippen LogP contribution in [0.25, 0.3) is 0 Å². The Labute approximate surface area is 120 Å². The molecule has 0 saturated carbocycles. The van der Waals surface area contributed by atoms with Gasteiger partial charge < -0.3 is 4.74 Å². The quantitative estimate of drug-likeness (QED) is 0.799. The van der Waals surface area contributed by atoms with Crippen molar-refractivity contribution < 1.29 is 9.53 Å². The molecule has 0 saturated heterocycles. The average Bonchev–Trinajstić information content (AvgIpc) is 2.35. The zero-order valence-electron chi connectivity index (χ0n) is 11.7. The third kappa shape index (κ3) is 3.44. The molecule has 4 heteroatoms. The number of hydrogen-bond donors (Lipinski definition) is 1. The van der Waals surface area contributed by atoms with Crippen LogP contribution in [0.15, 0.2) is 24.3 Å². The van der Waals surface area contributed by atoms with E-state index in [1.165, 1.54) is 11.1 Å². The molecule has 104 valence electrons.